The summed E-state index contributed by atoms with van der Waals surface area (Å²) in [6.07, 6.45) is 30.3. The molecule has 2 aromatic heterocycles. The highest BCUT2D eigenvalue weighted by Gasteiger charge is 2.41. The van der Waals surface area contributed by atoms with Crippen molar-refractivity contribution in [2.24, 2.45) is 5.11 Å². The fraction of sp³-hybridized carbons (Fsp3) is 0.839. The molecule has 4 heterocycles. The number of carbonyl (C=O) groups excluding carboxylic acids is 1. The third kappa shape index (κ3) is 29.2. The van der Waals surface area contributed by atoms with Gasteiger partial charge in [-0.1, -0.05) is 192 Å². The maximum atomic E-state index is 13.5. The minimum atomic E-state index is -5.55. The first-order valence-corrected chi connectivity index (χ1v) is 33.5. The van der Waals surface area contributed by atoms with Gasteiger partial charge in [0.2, 0.25) is 5.91 Å². The number of hydrogen-bond acceptors (Lipinski definition) is 15. The molecule has 25 heteroatoms. The Balaban J connectivity index is 1.28. The van der Waals surface area contributed by atoms with Crippen molar-refractivity contribution in [3.8, 4) is 0 Å². The molecule has 0 radical (unpaired) electrons. The molecule has 9 unspecified atom stereocenters. The molecule has 2 aliphatic rings. The van der Waals surface area contributed by atoms with Crippen molar-refractivity contribution in [3.63, 3.8) is 0 Å². The standard InChI is InChI=1S/C56H98N8O15P2/c1-4-6-8-10-12-14-16-18-19-20-22-24-26-28-30-32-38-74-49(48(79-80(69,70)71)40-47-46(61-62-57)39-53(78-47)64-41-44(3)54(66)60-56(64)68)43-76-81(72,73)75-42-45-34-35-52(77-45)63-37-36-50(59-55(63)67)58-51(65)33-31-29-27-25-23-21-17-15-13-11-9-7-5-2/h36-37,41,45-49,52-53H,4-35,38-40,42-43H2,1-3H3,(H,72,73)(H,60,66,68)(H2,69,70,71)(H,58,59,65,67)/p-1. The van der Waals surface area contributed by atoms with Crippen molar-refractivity contribution in [3.05, 3.63) is 65.8 Å². The van der Waals surface area contributed by atoms with Crippen LogP contribution < -0.4 is 27.1 Å². The number of rotatable bonds is 47. The highest BCUT2D eigenvalue weighted by Crippen LogP contribution is 2.46. The highest BCUT2D eigenvalue weighted by atomic mass is 31.2. The SMILES string of the molecule is CCCCCCCCCCCCCCCCCCOC(COP(=O)(O)OCC1CCC(n2ccc(NC(=O)CCCCCCCCCCCCCCC)nc2=O)O1)C(CC1OC(n2cc(C)c(=O)[nH]c2=O)CC1N=[N+]=[N-])OP(=O)([O-])O. The van der Waals surface area contributed by atoms with E-state index < -0.39 is 95.1 Å². The van der Waals surface area contributed by atoms with E-state index in [1.165, 1.54) is 152 Å². The average molecular weight is 1180 g/mol. The number of phosphoric ester groups is 2. The first-order valence-electron chi connectivity index (χ1n) is 30.5. The summed E-state index contributed by atoms with van der Waals surface area (Å²) in [5, 5.41) is 6.51. The van der Waals surface area contributed by atoms with Gasteiger partial charge in [0.15, 0.2) is 0 Å². The molecule has 0 spiro atoms. The summed E-state index contributed by atoms with van der Waals surface area (Å²) >= 11 is 0. The van der Waals surface area contributed by atoms with E-state index >= 15 is 0 Å². The van der Waals surface area contributed by atoms with Gasteiger partial charge in [0, 0.05) is 48.7 Å². The molecule has 0 bridgehead atoms. The molecule has 4 N–H and O–H groups in total. The van der Waals surface area contributed by atoms with Gasteiger partial charge in [0.05, 0.1) is 37.6 Å². The minimum Gasteiger partial charge on any atom is -0.756 e. The predicted molar refractivity (Wildman–Crippen MR) is 308 cm³/mol. The lowest BCUT2D eigenvalue weighted by atomic mass is 10.0. The van der Waals surface area contributed by atoms with Crippen molar-refractivity contribution in [1.29, 1.82) is 0 Å². The van der Waals surface area contributed by atoms with Crippen LogP contribution in [0, 0.1) is 6.92 Å². The van der Waals surface area contributed by atoms with Crippen LogP contribution >= 0.6 is 15.6 Å². The van der Waals surface area contributed by atoms with Crippen molar-refractivity contribution in [1.82, 2.24) is 19.1 Å². The van der Waals surface area contributed by atoms with Gasteiger partial charge < -0.3 is 38.7 Å². The van der Waals surface area contributed by atoms with Crippen LogP contribution in [0.15, 0.2) is 38.0 Å². The number of carbonyl (C=O) groups is 1. The lowest BCUT2D eigenvalue weighted by Crippen LogP contribution is -2.40. The van der Waals surface area contributed by atoms with Crippen molar-refractivity contribution in [2.45, 2.75) is 282 Å². The van der Waals surface area contributed by atoms with Crippen LogP contribution in [-0.2, 0) is 41.7 Å². The maximum Gasteiger partial charge on any atom is 0.472 e. The smallest absolute Gasteiger partial charge is 0.472 e. The molecule has 4 rings (SSSR count). The lowest BCUT2D eigenvalue weighted by Gasteiger charge is -2.33. The summed E-state index contributed by atoms with van der Waals surface area (Å²) in [4.78, 5) is 93.1. The highest BCUT2D eigenvalue weighted by molar-refractivity contribution is 7.47. The quantitative estimate of drug-likeness (QED) is 0.0157. The summed E-state index contributed by atoms with van der Waals surface area (Å²) in [6, 6.07) is 0.501. The molecule has 462 valence electrons. The molecule has 23 nitrogen and oxygen atoms in total. The van der Waals surface area contributed by atoms with Crippen molar-refractivity contribution in [2.75, 3.05) is 25.1 Å². The van der Waals surface area contributed by atoms with E-state index in [1.807, 2.05) is 0 Å². The number of aromatic amines is 1. The number of anilines is 1. The van der Waals surface area contributed by atoms with Crippen molar-refractivity contribution >= 4 is 27.4 Å². The normalized spacial score (nSPS) is 20.4. The van der Waals surface area contributed by atoms with Gasteiger partial charge in [-0.3, -0.25) is 37.3 Å². The number of hydrogen-bond donors (Lipinski definition) is 4. The summed E-state index contributed by atoms with van der Waals surface area (Å²) in [5.74, 6) is -0.103. The molecule has 2 aromatic rings. The zero-order valence-electron chi connectivity index (χ0n) is 48.7. The Hall–Kier alpha value is -3.56. The topological polar surface area (TPSA) is 321 Å². The molecule has 81 heavy (non-hydrogen) atoms. The molecule has 2 saturated heterocycles. The number of aryl methyl sites for hydroxylation is 1. The monoisotopic (exact) mass is 1180 g/mol. The zero-order valence-corrected chi connectivity index (χ0v) is 50.5. The molecule has 1 amide bonds. The fourth-order valence-electron chi connectivity index (χ4n) is 10.5. The Morgan fingerprint density at radius 3 is 1.86 bits per heavy atom. The van der Waals surface area contributed by atoms with Crippen LogP contribution in [0.4, 0.5) is 5.82 Å². The largest absolute Gasteiger partial charge is 0.756 e. The second-order valence-corrected chi connectivity index (χ2v) is 24.7. The maximum absolute atomic E-state index is 13.5. The fourth-order valence-corrected chi connectivity index (χ4v) is 11.8. The second kappa shape index (κ2) is 39.9. The molecular weight excluding hydrogens is 1090 g/mol. The summed E-state index contributed by atoms with van der Waals surface area (Å²) in [7, 11) is -10.5. The van der Waals surface area contributed by atoms with Gasteiger partial charge >= 0.3 is 19.2 Å². The Bertz CT molecular complexity index is 2420. The molecular formula is C56H97N8O15P2-. The number of nitrogens with one attached hydrogen (secondary N) is 2. The first kappa shape index (κ1) is 69.9. The predicted octanol–water partition coefficient (Wildman–Crippen LogP) is 12.2. The Morgan fingerprint density at radius 1 is 0.790 bits per heavy atom. The van der Waals surface area contributed by atoms with Crippen LogP contribution in [0.1, 0.15) is 250 Å². The van der Waals surface area contributed by atoms with Gasteiger partial charge in [-0.15, -0.1) is 0 Å². The number of ether oxygens (including phenoxy) is 3. The van der Waals surface area contributed by atoms with Gasteiger partial charge in [0.25, 0.3) is 13.4 Å². The number of H-pyrrole nitrogens is 1. The van der Waals surface area contributed by atoms with Crippen molar-refractivity contribution < 1.29 is 56.4 Å². The summed E-state index contributed by atoms with van der Waals surface area (Å²) in [5.41, 5.74) is 7.57. The molecule has 9 atom stereocenters. The summed E-state index contributed by atoms with van der Waals surface area (Å²) < 4.78 is 62.3. The van der Waals surface area contributed by atoms with E-state index in [2.05, 4.69) is 39.2 Å². The molecule has 2 aliphatic heterocycles. The van der Waals surface area contributed by atoms with Crippen LogP contribution in [0.5, 0.6) is 0 Å². The van der Waals surface area contributed by atoms with Crippen LogP contribution in [-0.4, -0.2) is 85.1 Å². The second-order valence-electron chi connectivity index (χ2n) is 22.1. The van der Waals surface area contributed by atoms with Crippen LogP contribution in [0.25, 0.3) is 10.4 Å². The van der Waals surface area contributed by atoms with E-state index in [9.17, 15) is 48.5 Å². The lowest BCUT2D eigenvalue weighted by molar-refractivity contribution is -0.230. The molecule has 2 fully saturated rings. The van der Waals surface area contributed by atoms with E-state index in [-0.39, 0.29) is 30.3 Å². The van der Waals surface area contributed by atoms with E-state index in [1.54, 1.807) is 0 Å². The number of nitrogens with zero attached hydrogens (tertiary/aromatic N) is 6. The van der Waals surface area contributed by atoms with Gasteiger partial charge in [-0.25, -0.2) is 14.2 Å². The first-order chi connectivity index (χ1) is 39.0. The Morgan fingerprint density at radius 2 is 1.33 bits per heavy atom. The van der Waals surface area contributed by atoms with E-state index in [0.717, 1.165) is 62.4 Å². The third-order valence-corrected chi connectivity index (χ3v) is 16.7. The molecule has 0 aliphatic carbocycles. The van der Waals surface area contributed by atoms with Gasteiger partial charge in [-0.2, -0.15) is 4.98 Å². The van der Waals surface area contributed by atoms with Crippen LogP contribution in [0.2, 0.25) is 0 Å². The van der Waals surface area contributed by atoms with Crippen LogP contribution in [0.3, 0.4) is 0 Å². The Labute approximate surface area is 479 Å². The molecule has 0 aromatic carbocycles. The zero-order chi connectivity index (χ0) is 58.7. The number of azide groups is 1. The summed E-state index contributed by atoms with van der Waals surface area (Å²) in [6.45, 7) is 4.76. The number of aromatic nitrogens is 4. The minimum absolute atomic E-state index is 0.0376. The number of unbranched alkanes of at least 4 members (excludes halogenated alkanes) is 27. The number of phosphoric acid groups is 2. The van der Waals surface area contributed by atoms with Gasteiger partial charge in [0.1, 0.15) is 24.4 Å². The van der Waals surface area contributed by atoms with E-state index in [0.29, 0.717) is 25.7 Å². The Kier molecular flexibility index (Phi) is 34.4. The third-order valence-electron chi connectivity index (χ3n) is 15.2. The number of amides is 1. The van der Waals surface area contributed by atoms with Gasteiger partial charge in [-0.05, 0) is 44.2 Å². The molecule has 0 saturated carbocycles. The van der Waals surface area contributed by atoms with E-state index in [4.69, 9.17) is 27.8 Å². The average Bonchev–Trinajstić information content (AvgIpc) is 4.06.